The second-order valence-corrected chi connectivity index (χ2v) is 4.39. The van der Waals surface area contributed by atoms with E-state index in [1.807, 2.05) is 25.1 Å². The summed E-state index contributed by atoms with van der Waals surface area (Å²) in [7, 11) is 0. The van der Waals surface area contributed by atoms with Crippen LogP contribution in [0.4, 0.5) is 5.82 Å². The lowest BCUT2D eigenvalue weighted by atomic mass is 10.1. The third-order valence-electron chi connectivity index (χ3n) is 3.14. The van der Waals surface area contributed by atoms with Gasteiger partial charge in [-0.25, -0.2) is 4.98 Å². The van der Waals surface area contributed by atoms with Crippen LogP contribution < -0.4 is 11.3 Å². The molecule has 100 valence electrons. The fourth-order valence-corrected chi connectivity index (χ4v) is 2.10. The zero-order chi connectivity index (χ0) is 14.1. The number of aromatic nitrogens is 4. The zero-order valence-electron chi connectivity index (χ0n) is 10.9. The lowest BCUT2D eigenvalue weighted by molar-refractivity contribution is 1.02. The molecule has 0 bridgehead atoms. The highest BCUT2D eigenvalue weighted by molar-refractivity contribution is 5.79. The summed E-state index contributed by atoms with van der Waals surface area (Å²) in [6, 6.07) is 5.49. The van der Waals surface area contributed by atoms with Gasteiger partial charge >= 0.3 is 0 Å². The van der Waals surface area contributed by atoms with Crippen LogP contribution in [-0.2, 0) is 6.42 Å². The maximum atomic E-state index is 11.9. The minimum atomic E-state index is -0.200. The molecule has 0 atom stereocenters. The molecule has 3 N–H and O–H groups in total. The van der Waals surface area contributed by atoms with E-state index < -0.39 is 0 Å². The van der Waals surface area contributed by atoms with E-state index in [0.29, 0.717) is 17.8 Å². The van der Waals surface area contributed by atoms with E-state index >= 15 is 0 Å². The minimum Gasteiger partial charge on any atom is -0.383 e. The van der Waals surface area contributed by atoms with Crippen LogP contribution >= 0.6 is 0 Å². The number of nitrogens with two attached hydrogens (primary N) is 1. The highest BCUT2D eigenvalue weighted by Gasteiger charge is 2.09. The maximum Gasteiger partial charge on any atom is 0.256 e. The van der Waals surface area contributed by atoms with E-state index in [2.05, 4.69) is 19.9 Å². The number of hydrogen-bond donors (Lipinski definition) is 2. The van der Waals surface area contributed by atoms with Crippen LogP contribution in [0.2, 0.25) is 0 Å². The average molecular weight is 267 g/mol. The van der Waals surface area contributed by atoms with Crippen LogP contribution in [0.25, 0.3) is 22.4 Å². The molecule has 3 aromatic rings. The van der Waals surface area contributed by atoms with Crippen LogP contribution in [0, 0.1) is 0 Å². The number of aromatic amines is 1. The summed E-state index contributed by atoms with van der Waals surface area (Å²) in [6.07, 6.45) is 3.81. The smallest absolute Gasteiger partial charge is 0.256 e. The van der Waals surface area contributed by atoms with Crippen LogP contribution in [0.5, 0.6) is 0 Å². The van der Waals surface area contributed by atoms with Gasteiger partial charge in [0.1, 0.15) is 11.6 Å². The van der Waals surface area contributed by atoms with Crippen LogP contribution in [0.15, 0.2) is 35.4 Å². The number of nitrogens with zero attached hydrogens (tertiary/aromatic N) is 3. The molecule has 6 heteroatoms. The molecular formula is C14H13N5O. The first-order valence-electron chi connectivity index (χ1n) is 6.29. The Balaban J connectivity index is 2.18. The molecule has 0 spiro atoms. The summed E-state index contributed by atoms with van der Waals surface area (Å²) < 4.78 is 0. The molecular weight excluding hydrogens is 254 g/mol. The molecule has 2 heterocycles. The van der Waals surface area contributed by atoms with E-state index in [0.717, 1.165) is 16.6 Å². The van der Waals surface area contributed by atoms with Gasteiger partial charge in [-0.05, 0) is 24.6 Å². The maximum absolute atomic E-state index is 11.9. The zero-order valence-corrected chi connectivity index (χ0v) is 10.9. The van der Waals surface area contributed by atoms with Crippen molar-refractivity contribution in [2.45, 2.75) is 13.3 Å². The van der Waals surface area contributed by atoms with Gasteiger partial charge in [-0.15, -0.1) is 0 Å². The third-order valence-corrected chi connectivity index (χ3v) is 3.14. The molecule has 0 radical (unpaired) electrons. The van der Waals surface area contributed by atoms with E-state index in [9.17, 15) is 4.79 Å². The molecule has 1 aromatic carbocycles. The van der Waals surface area contributed by atoms with Crippen molar-refractivity contribution in [2.24, 2.45) is 0 Å². The summed E-state index contributed by atoms with van der Waals surface area (Å²) >= 11 is 0. The van der Waals surface area contributed by atoms with E-state index in [4.69, 9.17) is 5.73 Å². The highest BCUT2D eigenvalue weighted by Crippen LogP contribution is 2.19. The first-order valence-corrected chi connectivity index (χ1v) is 6.29. The first-order chi connectivity index (χ1) is 9.69. The van der Waals surface area contributed by atoms with E-state index in [1.54, 1.807) is 12.4 Å². The summed E-state index contributed by atoms with van der Waals surface area (Å²) in [4.78, 5) is 27.4. The Morgan fingerprint density at radius 3 is 2.65 bits per heavy atom. The molecule has 0 aliphatic heterocycles. The van der Waals surface area contributed by atoms with Crippen molar-refractivity contribution in [2.75, 3.05) is 5.73 Å². The molecule has 0 unspecified atom stereocenters. The molecule has 2 aromatic heterocycles. The number of benzene rings is 1. The van der Waals surface area contributed by atoms with Crippen molar-refractivity contribution in [1.82, 2.24) is 19.9 Å². The van der Waals surface area contributed by atoms with Crippen molar-refractivity contribution < 1.29 is 0 Å². The molecule has 0 saturated heterocycles. The molecule has 20 heavy (non-hydrogen) atoms. The molecule has 3 rings (SSSR count). The predicted octanol–water partition coefficient (Wildman–Crippen LogP) is 1.52. The van der Waals surface area contributed by atoms with E-state index in [1.165, 1.54) is 0 Å². The second-order valence-electron chi connectivity index (χ2n) is 4.39. The Hall–Kier alpha value is -2.76. The Morgan fingerprint density at radius 2 is 1.95 bits per heavy atom. The highest BCUT2D eigenvalue weighted by atomic mass is 16.1. The van der Waals surface area contributed by atoms with Gasteiger partial charge in [-0.1, -0.05) is 6.92 Å². The summed E-state index contributed by atoms with van der Waals surface area (Å²) in [5.74, 6) is 0.711. The number of anilines is 1. The molecule has 0 aliphatic rings. The van der Waals surface area contributed by atoms with Crippen LogP contribution in [0.1, 0.15) is 12.5 Å². The fraction of sp³-hybridized carbons (Fsp3) is 0.143. The van der Waals surface area contributed by atoms with Gasteiger partial charge in [0.2, 0.25) is 0 Å². The third kappa shape index (κ3) is 2.01. The van der Waals surface area contributed by atoms with Gasteiger partial charge in [0.25, 0.3) is 5.56 Å². The van der Waals surface area contributed by atoms with Gasteiger partial charge < -0.3 is 10.7 Å². The monoisotopic (exact) mass is 267 g/mol. The molecule has 0 saturated carbocycles. The molecule has 6 nitrogen and oxygen atoms in total. The Bertz CT molecular complexity index is 840. The number of H-pyrrole nitrogens is 1. The quantitative estimate of drug-likeness (QED) is 0.733. The summed E-state index contributed by atoms with van der Waals surface area (Å²) in [5, 5.41) is 0. The van der Waals surface area contributed by atoms with Gasteiger partial charge in [-0.2, -0.15) is 0 Å². The predicted molar refractivity (Wildman–Crippen MR) is 77.2 cm³/mol. The number of nitrogen functional groups attached to an aromatic ring is 1. The minimum absolute atomic E-state index is 0.200. The molecule has 0 amide bonds. The lowest BCUT2D eigenvalue weighted by Gasteiger charge is -2.06. The Labute approximate surface area is 114 Å². The van der Waals surface area contributed by atoms with Gasteiger partial charge in [-0.3, -0.25) is 14.8 Å². The Morgan fingerprint density at radius 1 is 1.20 bits per heavy atom. The second kappa shape index (κ2) is 4.73. The Kier molecular flexibility index (Phi) is 2.90. The van der Waals surface area contributed by atoms with Crippen LogP contribution in [-0.4, -0.2) is 19.9 Å². The van der Waals surface area contributed by atoms with Crippen molar-refractivity contribution >= 4 is 16.9 Å². The number of rotatable bonds is 2. The standard InChI is InChI=1S/C14H13N5O/c1-2-9-12(15)18-13(19-14(9)20)8-3-4-10-11(7-8)17-6-5-16-10/h3-7H,2H2,1H3,(H3,15,18,19,20). The van der Waals surface area contributed by atoms with Crippen LogP contribution in [0.3, 0.4) is 0 Å². The number of nitrogens with one attached hydrogen (secondary N) is 1. The van der Waals surface area contributed by atoms with Gasteiger partial charge in [0, 0.05) is 18.0 Å². The topological polar surface area (TPSA) is 97.5 Å². The number of fused-ring (bicyclic) bond motifs is 1. The lowest BCUT2D eigenvalue weighted by Crippen LogP contribution is -2.17. The van der Waals surface area contributed by atoms with Crippen molar-refractivity contribution in [3.63, 3.8) is 0 Å². The normalized spacial score (nSPS) is 10.8. The summed E-state index contributed by atoms with van der Waals surface area (Å²) in [6.45, 7) is 1.87. The first kappa shape index (κ1) is 12.3. The van der Waals surface area contributed by atoms with Crippen molar-refractivity contribution in [3.8, 4) is 11.4 Å². The van der Waals surface area contributed by atoms with Gasteiger partial charge in [0.15, 0.2) is 0 Å². The fourth-order valence-electron chi connectivity index (χ4n) is 2.10. The van der Waals surface area contributed by atoms with Crippen molar-refractivity contribution in [3.05, 3.63) is 46.5 Å². The average Bonchev–Trinajstić information content (AvgIpc) is 2.46. The largest absolute Gasteiger partial charge is 0.383 e. The van der Waals surface area contributed by atoms with Crippen molar-refractivity contribution in [1.29, 1.82) is 0 Å². The number of hydrogen-bond acceptors (Lipinski definition) is 5. The SMILES string of the molecule is CCc1c(N)nc(-c2ccc3nccnc3c2)[nH]c1=O. The molecule has 0 fully saturated rings. The summed E-state index contributed by atoms with van der Waals surface area (Å²) in [5.41, 5.74) is 8.42. The van der Waals surface area contributed by atoms with Gasteiger partial charge in [0.05, 0.1) is 16.6 Å². The van der Waals surface area contributed by atoms with E-state index in [-0.39, 0.29) is 11.4 Å². The molecule has 0 aliphatic carbocycles.